The van der Waals surface area contributed by atoms with E-state index < -0.39 is 19.1 Å². The Kier molecular flexibility index (Phi) is 10.7. The number of pyridine rings is 1. The molecule has 0 bridgehead atoms. The predicted octanol–water partition coefficient (Wildman–Crippen LogP) is 2.21. The molecule has 178 valence electrons. The van der Waals surface area contributed by atoms with Crippen LogP contribution in [0.3, 0.4) is 0 Å². The molecule has 8 nitrogen and oxygen atoms in total. The molecular weight excluding hydrogens is 440 g/mol. The van der Waals surface area contributed by atoms with Gasteiger partial charge in [0.25, 0.3) is 5.91 Å². The maximum atomic E-state index is 12.4. The quantitative estimate of drug-likeness (QED) is 0.377. The Bertz CT molecular complexity index is 1050. The lowest BCUT2D eigenvalue weighted by atomic mass is 9.92. The zero-order valence-corrected chi connectivity index (χ0v) is 18.9. The summed E-state index contributed by atoms with van der Waals surface area (Å²) >= 11 is 0. The van der Waals surface area contributed by atoms with Crippen LogP contribution in [0.4, 0.5) is 4.39 Å². The predicted molar refractivity (Wildman–Crippen MR) is 126 cm³/mol. The van der Waals surface area contributed by atoms with Crippen molar-refractivity contribution < 1.29 is 28.8 Å². The maximum Gasteiger partial charge on any atom is 0.472 e. The van der Waals surface area contributed by atoms with Gasteiger partial charge in [0.1, 0.15) is 11.6 Å². The second-order valence-electron chi connectivity index (χ2n) is 7.33. The topological polar surface area (TPSA) is 121 Å². The summed E-state index contributed by atoms with van der Waals surface area (Å²) in [5, 5.41) is 22.9. The minimum Gasteiger partial charge on any atom is -0.497 e. The van der Waals surface area contributed by atoms with Crippen molar-refractivity contribution in [3.63, 3.8) is 0 Å². The number of nitrogens with one attached hydrogen (secondary N) is 2. The van der Waals surface area contributed by atoms with E-state index in [4.69, 9.17) is 14.8 Å². The highest BCUT2D eigenvalue weighted by atomic mass is 19.1. The molecule has 34 heavy (non-hydrogen) atoms. The van der Waals surface area contributed by atoms with Gasteiger partial charge in [-0.2, -0.15) is 0 Å². The summed E-state index contributed by atoms with van der Waals surface area (Å²) in [4.78, 5) is 28.4. The lowest BCUT2D eigenvalue weighted by molar-refractivity contribution is -0.121. The maximum absolute atomic E-state index is 12.4. The Labute approximate surface area is 198 Å². The third-order valence-corrected chi connectivity index (χ3v) is 4.58. The SMILES string of the molecule is COc1cccc(C(CC(=O)NCB(O)O)NC(=O)c2cccnc2)c1.Cc1cccc(F)c1. The Morgan fingerprint density at radius 2 is 1.88 bits per heavy atom. The van der Waals surface area contributed by atoms with E-state index >= 15 is 0 Å². The highest BCUT2D eigenvalue weighted by molar-refractivity contribution is 6.41. The van der Waals surface area contributed by atoms with Crippen molar-refractivity contribution in [2.24, 2.45) is 0 Å². The number of carbonyl (C=O) groups excluding carboxylic acids is 2. The van der Waals surface area contributed by atoms with E-state index in [1.807, 2.05) is 13.0 Å². The minimum atomic E-state index is -1.64. The number of aryl methyl sites for hydroxylation is 1. The Morgan fingerprint density at radius 3 is 2.47 bits per heavy atom. The average Bonchev–Trinajstić information content (AvgIpc) is 2.83. The molecule has 2 amide bonds. The van der Waals surface area contributed by atoms with Crippen molar-refractivity contribution in [3.8, 4) is 5.75 Å². The number of nitrogens with zero attached hydrogens (tertiary/aromatic N) is 1. The number of halogens is 1. The molecule has 3 aromatic rings. The summed E-state index contributed by atoms with van der Waals surface area (Å²) in [6.07, 6.45) is 2.62. The Morgan fingerprint density at radius 1 is 1.12 bits per heavy atom. The molecule has 0 spiro atoms. The van der Waals surface area contributed by atoms with Gasteiger partial charge >= 0.3 is 7.12 Å². The van der Waals surface area contributed by atoms with E-state index in [1.54, 1.807) is 48.7 Å². The number of hydrogen-bond donors (Lipinski definition) is 4. The third-order valence-electron chi connectivity index (χ3n) is 4.58. The van der Waals surface area contributed by atoms with Gasteiger partial charge in [0.2, 0.25) is 5.91 Å². The van der Waals surface area contributed by atoms with E-state index in [0.29, 0.717) is 16.9 Å². The first-order valence-electron chi connectivity index (χ1n) is 10.5. The summed E-state index contributed by atoms with van der Waals surface area (Å²) in [6.45, 7) is 1.86. The number of benzene rings is 2. The van der Waals surface area contributed by atoms with Crippen LogP contribution in [0.15, 0.2) is 73.1 Å². The van der Waals surface area contributed by atoms with E-state index in [0.717, 1.165) is 5.56 Å². The summed E-state index contributed by atoms with van der Waals surface area (Å²) in [7, 11) is -0.114. The molecule has 0 aliphatic carbocycles. The Hall–Kier alpha value is -3.76. The first-order chi connectivity index (χ1) is 16.3. The number of hydrogen-bond acceptors (Lipinski definition) is 6. The second-order valence-corrected chi connectivity index (χ2v) is 7.33. The molecule has 0 saturated carbocycles. The smallest absolute Gasteiger partial charge is 0.472 e. The van der Waals surface area contributed by atoms with Crippen molar-refractivity contribution in [2.45, 2.75) is 19.4 Å². The van der Waals surface area contributed by atoms with E-state index in [2.05, 4.69) is 15.6 Å². The van der Waals surface area contributed by atoms with Crippen LogP contribution in [0.25, 0.3) is 0 Å². The van der Waals surface area contributed by atoms with E-state index in [1.165, 1.54) is 25.4 Å². The number of carbonyl (C=O) groups is 2. The molecule has 10 heteroatoms. The summed E-state index contributed by atoms with van der Waals surface area (Å²) in [5.41, 5.74) is 2.01. The van der Waals surface area contributed by atoms with E-state index in [9.17, 15) is 14.0 Å². The van der Waals surface area contributed by atoms with Crippen molar-refractivity contribution in [1.29, 1.82) is 0 Å². The third kappa shape index (κ3) is 9.39. The zero-order valence-electron chi connectivity index (χ0n) is 18.9. The van der Waals surface area contributed by atoms with Gasteiger partial charge in [-0.05, 0) is 54.4 Å². The first-order valence-corrected chi connectivity index (χ1v) is 10.5. The number of ether oxygens (including phenoxy) is 1. The fourth-order valence-corrected chi connectivity index (χ4v) is 2.92. The van der Waals surface area contributed by atoms with Gasteiger partial charge in [-0.25, -0.2) is 4.39 Å². The van der Waals surface area contributed by atoms with Gasteiger partial charge < -0.3 is 25.4 Å². The molecule has 3 rings (SSSR count). The van der Waals surface area contributed by atoms with Gasteiger partial charge in [0, 0.05) is 12.4 Å². The van der Waals surface area contributed by atoms with Crippen molar-refractivity contribution in [3.05, 3.63) is 95.6 Å². The molecule has 1 heterocycles. The molecule has 0 aliphatic rings. The van der Waals surface area contributed by atoms with Gasteiger partial charge in [0.15, 0.2) is 0 Å². The highest BCUT2D eigenvalue weighted by Gasteiger charge is 2.21. The molecule has 4 N–H and O–H groups in total. The van der Waals surface area contributed by atoms with Crippen LogP contribution in [0.5, 0.6) is 5.75 Å². The largest absolute Gasteiger partial charge is 0.497 e. The van der Waals surface area contributed by atoms with E-state index in [-0.39, 0.29) is 24.6 Å². The van der Waals surface area contributed by atoms with Crippen molar-refractivity contribution in [1.82, 2.24) is 15.6 Å². The van der Waals surface area contributed by atoms with Gasteiger partial charge in [-0.1, -0.05) is 24.3 Å². The normalized spacial score (nSPS) is 10.9. The highest BCUT2D eigenvalue weighted by Crippen LogP contribution is 2.22. The van der Waals surface area contributed by atoms with Crippen LogP contribution in [-0.4, -0.2) is 47.5 Å². The summed E-state index contributed by atoms with van der Waals surface area (Å²) in [5.74, 6) is -0.377. The number of rotatable bonds is 8. The van der Waals surface area contributed by atoms with Gasteiger partial charge in [-0.3, -0.25) is 14.6 Å². The number of amides is 2. The van der Waals surface area contributed by atoms with Gasteiger partial charge in [0.05, 0.1) is 31.6 Å². The lowest BCUT2D eigenvalue weighted by Gasteiger charge is -2.19. The number of methoxy groups -OCH3 is 1. The summed E-state index contributed by atoms with van der Waals surface area (Å²) in [6, 6.07) is 16.1. The average molecular weight is 467 g/mol. The van der Waals surface area contributed by atoms with Crippen molar-refractivity contribution in [2.75, 3.05) is 13.6 Å². The fourth-order valence-electron chi connectivity index (χ4n) is 2.92. The first kappa shape index (κ1) is 26.5. The van der Waals surface area contributed by atoms with Crippen LogP contribution in [0.1, 0.15) is 33.9 Å². The second kappa shape index (κ2) is 13.7. The standard InChI is InChI=1S/C17H20BN3O5.C7H7F/c1-26-14-6-2-4-12(8-14)15(9-16(22)20-11-18(24)25)21-17(23)13-5-3-7-19-10-13;1-6-3-2-4-7(8)5-6/h2-8,10,15,24-25H,9,11H2,1H3,(H,20,22)(H,21,23);2-5H,1H3. The van der Waals surface area contributed by atoms with Crippen LogP contribution in [0.2, 0.25) is 0 Å². The van der Waals surface area contributed by atoms with Crippen LogP contribution < -0.4 is 15.4 Å². The molecule has 1 aromatic heterocycles. The molecule has 0 saturated heterocycles. The molecular formula is C24H27BFN3O5. The van der Waals surface area contributed by atoms with Gasteiger partial charge in [-0.15, -0.1) is 0 Å². The Balaban J connectivity index is 0.000000430. The molecule has 0 aliphatic heterocycles. The van der Waals surface area contributed by atoms with Crippen LogP contribution in [-0.2, 0) is 4.79 Å². The minimum absolute atomic E-state index is 0.0775. The van der Waals surface area contributed by atoms with Crippen molar-refractivity contribution >= 4 is 18.9 Å². The molecule has 1 unspecified atom stereocenters. The molecule has 2 aromatic carbocycles. The molecule has 0 fully saturated rings. The molecule has 1 atom stereocenters. The fraction of sp³-hybridized carbons (Fsp3) is 0.208. The van der Waals surface area contributed by atoms with Crippen LogP contribution in [0, 0.1) is 12.7 Å². The summed E-state index contributed by atoms with van der Waals surface area (Å²) < 4.78 is 17.4. The molecule has 0 radical (unpaired) electrons. The monoisotopic (exact) mass is 467 g/mol. The van der Waals surface area contributed by atoms with Crippen LogP contribution >= 0.6 is 0 Å². The lowest BCUT2D eigenvalue weighted by Crippen LogP contribution is -2.38. The zero-order chi connectivity index (χ0) is 24.9. The number of aromatic nitrogens is 1.